The standard InChI is InChI=1S/C11H10N2O4S/c1-2-10(14)12-7-13-11(15)8-5-3-4-6-9(8)18(13,16)17/h2-6H,1,7H2,(H,12,14). The first-order valence-electron chi connectivity index (χ1n) is 5.05. The molecular weight excluding hydrogens is 256 g/mol. The summed E-state index contributed by atoms with van der Waals surface area (Å²) in [6, 6.07) is 5.91. The van der Waals surface area contributed by atoms with Crippen LogP contribution in [0.3, 0.4) is 0 Å². The first-order chi connectivity index (χ1) is 8.48. The van der Waals surface area contributed by atoms with Gasteiger partial charge in [0.15, 0.2) is 0 Å². The fourth-order valence-electron chi connectivity index (χ4n) is 1.61. The number of fused-ring (bicyclic) bond motifs is 1. The molecule has 0 aliphatic carbocycles. The Balaban J connectivity index is 2.34. The van der Waals surface area contributed by atoms with Gasteiger partial charge in [0.1, 0.15) is 11.6 Å². The number of carbonyl (C=O) groups excluding carboxylic acids is 2. The van der Waals surface area contributed by atoms with E-state index in [-0.39, 0.29) is 10.5 Å². The summed E-state index contributed by atoms with van der Waals surface area (Å²) in [5.74, 6) is -1.19. The Bertz CT molecular complexity index is 636. The third kappa shape index (κ3) is 1.78. The van der Waals surface area contributed by atoms with Crippen LogP contribution in [0.1, 0.15) is 10.4 Å². The van der Waals surface area contributed by atoms with E-state index in [1.165, 1.54) is 18.2 Å². The maximum atomic E-state index is 12.0. The predicted octanol–water partition coefficient (Wildman–Crippen LogP) is 0.0908. The van der Waals surface area contributed by atoms with Gasteiger partial charge in [0.25, 0.3) is 15.9 Å². The molecule has 0 fully saturated rings. The van der Waals surface area contributed by atoms with Crippen molar-refractivity contribution in [2.45, 2.75) is 4.90 Å². The van der Waals surface area contributed by atoms with Crippen LogP contribution in [-0.2, 0) is 14.8 Å². The molecule has 0 atom stereocenters. The monoisotopic (exact) mass is 266 g/mol. The van der Waals surface area contributed by atoms with Crippen molar-refractivity contribution in [3.63, 3.8) is 0 Å². The lowest BCUT2D eigenvalue weighted by atomic mass is 10.2. The van der Waals surface area contributed by atoms with Crippen LogP contribution in [0.2, 0.25) is 0 Å². The highest BCUT2D eigenvalue weighted by atomic mass is 32.2. The summed E-state index contributed by atoms with van der Waals surface area (Å²) < 4.78 is 24.7. The average Bonchev–Trinajstić information content (AvgIpc) is 2.56. The zero-order valence-corrected chi connectivity index (χ0v) is 10.1. The van der Waals surface area contributed by atoms with E-state index in [2.05, 4.69) is 11.9 Å². The summed E-state index contributed by atoms with van der Waals surface area (Å²) in [5.41, 5.74) is 0.116. The van der Waals surface area contributed by atoms with Gasteiger partial charge in [0.05, 0.1) is 5.56 Å². The van der Waals surface area contributed by atoms with Crippen LogP contribution < -0.4 is 5.32 Å². The van der Waals surface area contributed by atoms with Gasteiger partial charge in [-0.05, 0) is 18.2 Å². The van der Waals surface area contributed by atoms with E-state index in [9.17, 15) is 18.0 Å². The molecule has 0 unspecified atom stereocenters. The first kappa shape index (κ1) is 12.3. The number of amides is 2. The largest absolute Gasteiger partial charge is 0.334 e. The summed E-state index contributed by atoms with van der Waals surface area (Å²) >= 11 is 0. The van der Waals surface area contributed by atoms with Crippen molar-refractivity contribution in [1.29, 1.82) is 0 Å². The molecule has 7 heteroatoms. The van der Waals surface area contributed by atoms with E-state index in [1.807, 2.05) is 0 Å². The molecule has 0 saturated heterocycles. The molecule has 1 N–H and O–H groups in total. The molecular formula is C11H10N2O4S. The fourth-order valence-corrected chi connectivity index (χ4v) is 3.08. The van der Waals surface area contributed by atoms with Crippen molar-refractivity contribution >= 4 is 21.8 Å². The quantitative estimate of drug-likeness (QED) is 0.786. The van der Waals surface area contributed by atoms with Crippen molar-refractivity contribution in [3.8, 4) is 0 Å². The molecule has 0 spiro atoms. The van der Waals surface area contributed by atoms with Gasteiger partial charge in [-0.3, -0.25) is 9.59 Å². The van der Waals surface area contributed by atoms with Gasteiger partial charge in [-0.1, -0.05) is 18.7 Å². The van der Waals surface area contributed by atoms with Crippen LogP contribution in [0.4, 0.5) is 0 Å². The summed E-state index contributed by atoms with van der Waals surface area (Å²) in [7, 11) is -3.86. The van der Waals surface area contributed by atoms with E-state index in [0.29, 0.717) is 4.31 Å². The Morgan fingerprint density at radius 1 is 1.39 bits per heavy atom. The molecule has 1 aliphatic rings. The number of hydrogen-bond donors (Lipinski definition) is 1. The summed E-state index contributed by atoms with van der Waals surface area (Å²) in [6.45, 7) is 2.83. The zero-order chi connectivity index (χ0) is 13.3. The number of hydrogen-bond acceptors (Lipinski definition) is 4. The first-order valence-corrected chi connectivity index (χ1v) is 6.49. The second-order valence-electron chi connectivity index (χ2n) is 3.56. The maximum absolute atomic E-state index is 12.0. The molecule has 1 aliphatic heterocycles. The molecule has 1 heterocycles. The van der Waals surface area contributed by atoms with E-state index >= 15 is 0 Å². The van der Waals surface area contributed by atoms with Crippen LogP contribution >= 0.6 is 0 Å². The lowest BCUT2D eigenvalue weighted by Crippen LogP contribution is -2.40. The number of carbonyl (C=O) groups is 2. The molecule has 0 radical (unpaired) electrons. The molecule has 1 aromatic carbocycles. The van der Waals surface area contributed by atoms with Crippen molar-refractivity contribution in [2.24, 2.45) is 0 Å². The smallest absolute Gasteiger partial charge is 0.270 e. The van der Waals surface area contributed by atoms with Gasteiger partial charge in [0, 0.05) is 0 Å². The third-order valence-corrected chi connectivity index (χ3v) is 4.28. The van der Waals surface area contributed by atoms with Crippen LogP contribution in [0.25, 0.3) is 0 Å². The minimum absolute atomic E-state index is 0.0390. The van der Waals surface area contributed by atoms with Crippen molar-refractivity contribution in [1.82, 2.24) is 9.62 Å². The SMILES string of the molecule is C=CC(=O)NCN1C(=O)c2ccccc2S1(=O)=O. The van der Waals surface area contributed by atoms with Crippen LogP contribution in [0, 0.1) is 0 Å². The molecule has 2 amide bonds. The molecule has 0 bridgehead atoms. The fraction of sp³-hybridized carbons (Fsp3) is 0.0909. The van der Waals surface area contributed by atoms with E-state index in [0.717, 1.165) is 6.08 Å². The number of benzene rings is 1. The van der Waals surface area contributed by atoms with Gasteiger partial charge >= 0.3 is 0 Å². The van der Waals surface area contributed by atoms with Crippen LogP contribution in [0.15, 0.2) is 41.8 Å². The van der Waals surface area contributed by atoms with Crippen molar-refractivity contribution < 1.29 is 18.0 Å². The Morgan fingerprint density at radius 2 is 2.06 bits per heavy atom. The highest BCUT2D eigenvalue weighted by Crippen LogP contribution is 2.28. The molecule has 0 aromatic heterocycles. The van der Waals surface area contributed by atoms with Gasteiger partial charge < -0.3 is 5.32 Å². The molecule has 2 rings (SSSR count). The second-order valence-corrected chi connectivity index (χ2v) is 5.39. The summed E-state index contributed by atoms with van der Waals surface area (Å²) in [4.78, 5) is 22.8. The molecule has 1 aromatic rings. The molecule has 0 saturated carbocycles. The Labute approximate surface area is 104 Å². The van der Waals surface area contributed by atoms with Crippen molar-refractivity contribution in [3.05, 3.63) is 42.5 Å². The summed E-state index contributed by atoms with van der Waals surface area (Å²) in [6.07, 6.45) is 1.00. The lowest BCUT2D eigenvalue weighted by molar-refractivity contribution is -0.116. The minimum atomic E-state index is -3.86. The van der Waals surface area contributed by atoms with Gasteiger partial charge in [0.2, 0.25) is 5.91 Å². The second kappa shape index (κ2) is 4.26. The number of nitrogens with zero attached hydrogens (tertiary/aromatic N) is 1. The van der Waals surface area contributed by atoms with Gasteiger partial charge in [-0.2, -0.15) is 0 Å². The van der Waals surface area contributed by atoms with E-state index < -0.39 is 28.5 Å². The molecule has 6 nitrogen and oxygen atoms in total. The maximum Gasteiger partial charge on any atom is 0.270 e. The lowest BCUT2D eigenvalue weighted by Gasteiger charge is -2.14. The van der Waals surface area contributed by atoms with Crippen molar-refractivity contribution in [2.75, 3.05) is 6.67 Å². The van der Waals surface area contributed by atoms with E-state index in [4.69, 9.17) is 0 Å². The van der Waals surface area contributed by atoms with E-state index in [1.54, 1.807) is 6.07 Å². The molecule has 18 heavy (non-hydrogen) atoms. The van der Waals surface area contributed by atoms with Gasteiger partial charge in [-0.15, -0.1) is 0 Å². The highest BCUT2D eigenvalue weighted by molar-refractivity contribution is 7.90. The topological polar surface area (TPSA) is 83.6 Å². The van der Waals surface area contributed by atoms with Crippen LogP contribution in [-0.4, -0.2) is 31.2 Å². The Hall–Kier alpha value is -2.15. The number of sulfonamides is 1. The number of nitrogens with one attached hydrogen (secondary N) is 1. The normalized spacial score (nSPS) is 16.2. The summed E-state index contributed by atoms with van der Waals surface area (Å²) in [5, 5.41) is 2.26. The Morgan fingerprint density at radius 3 is 2.67 bits per heavy atom. The Kier molecular flexibility index (Phi) is 2.92. The highest BCUT2D eigenvalue weighted by Gasteiger charge is 2.40. The van der Waals surface area contributed by atoms with Gasteiger partial charge in [-0.25, -0.2) is 12.7 Å². The average molecular weight is 266 g/mol. The third-order valence-electron chi connectivity index (χ3n) is 2.49. The minimum Gasteiger partial charge on any atom is -0.334 e. The number of rotatable bonds is 3. The molecule has 94 valence electrons. The van der Waals surface area contributed by atoms with Crippen LogP contribution in [0.5, 0.6) is 0 Å². The zero-order valence-electron chi connectivity index (χ0n) is 9.29. The predicted molar refractivity (Wildman–Crippen MR) is 63.0 cm³/mol.